The Hall–Kier alpha value is -1.58. The van der Waals surface area contributed by atoms with Crippen molar-refractivity contribution >= 4 is 11.9 Å². The fraction of sp³-hybridized carbons (Fsp3) is 0.842. The summed E-state index contributed by atoms with van der Waals surface area (Å²) < 4.78 is 10.2. The molecule has 0 aliphatic heterocycles. The summed E-state index contributed by atoms with van der Waals surface area (Å²) in [5, 5.41) is 0. The SMILES string of the molecule is CCCCCCCCCCCCCCCC=COC(=O)CCC(=O)OC=CCCCCCCCCCCCCCCC. The summed E-state index contributed by atoms with van der Waals surface area (Å²) in [4.78, 5) is 23.6. The highest BCUT2D eigenvalue weighted by molar-refractivity contribution is 5.78. The van der Waals surface area contributed by atoms with Crippen LogP contribution in [0.25, 0.3) is 0 Å². The molecular weight excluding hydrogens is 520 g/mol. The van der Waals surface area contributed by atoms with Crippen molar-refractivity contribution < 1.29 is 19.1 Å². The van der Waals surface area contributed by atoms with Crippen molar-refractivity contribution in [3.05, 3.63) is 24.7 Å². The second kappa shape index (κ2) is 35.6. The van der Waals surface area contributed by atoms with Crippen molar-refractivity contribution in [2.75, 3.05) is 0 Å². The van der Waals surface area contributed by atoms with Gasteiger partial charge in [0.2, 0.25) is 0 Å². The predicted molar refractivity (Wildman–Crippen MR) is 180 cm³/mol. The van der Waals surface area contributed by atoms with Crippen molar-refractivity contribution in [2.24, 2.45) is 0 Å². The molecule has 0 atom stereocenters. The van der Waals surface area contributed by atoms with Gasteiger partial charge in [0.1, 0.15) is 0 Å². The van der Waals surface area contributed by atoms with E-state index in [1.807, 2.05) is 12.2 Å². The van der Waals surface area contributed by atoms with Crippen LogP contribution in [0.15, 0.2) is 24.7 Å². The molecule has 4 heteroatoms. The van der Waals surface area contributed by atoms with Gasteiger partial charge in [-0.1, -0.05) is 168 Å². The van der Waals surface area contributed by atoms with E-state index >= 15 is 0 Å². The minimum Gasteiger partial charge on any atom is -0.435 e. The molecule has 0 aliphatic rings. The van der Waals surface area contributed by atoms with Gasteiger partial charge in [-0.3, -0.25) is 9.59 Å². The van der Waals surface area contributed by atoms with Crippen LogP contribution in [0.5, 0.6) is 0 Å². The Bertz CT molecular complexity index is 571. The zero-order valence-electron chi connectivity index (χ0n) is 28.2. The van der Waals surface area contributed by atoms with Crippen LogP contribution in [-0.4, -0.2) is 11.9 Å². The van der Waals surface area contributed by atoms with Crippen LogP contribution in [0.4, 0.5) is 0 Å². The molecule has 0 bridgehead atoms. The number of allylic oxidation sites excluding steroid dienone is 2. The monoisotopic (exact) mass is 591 g/mol. The maximum absolute atomic E-state index is 11.8. The van der Waals surface area contributed by atoms with E-state index < -0.39 is 0 Å². The van der Waals surface area contributed by atoms with Gasteiger partial charge in [0.25, 0.3) is 0 Å². The van der Waals surface area contributed by atoms with Gasteiger partial charge in [-0.05, 0) is 37.8 Å². The highest BCUT2D eigenvalue weighted by Gasteiger charge is 2.07. The molecule has 246 valence electrons. The first-order valence-electron chi connectivity index (χ1n) is 18.4. The molecule has 0 aliphatic carbocycles. The Morgan fingerprint density at radius 1 is 0.381 bits per heavy atom. The molecule has 42 heavy (non-hydrogen) atoms. The Labute approximate surface area is 261 Å². The van der Waals surface area contributed by atoms with Crippen LogP contribution < -0.4 is 0 Å². The summed E-state index contributed by atoms with van der Waals surface area (Å²) in [6.45, 7) is 4.54. The summed E-state index contributed by atoms with van der Waals surface area (Å²) >= 11 is 0. The first kappa shape index (κ1) is 40.4. The fourth-order valence-electron chi connectivity index (χ4n) is 5.27. The molecule has 0 aromatic carbocycles. The fourth-order valence-corrected chi connectivity index (χ4v) is 5.27. The van der Waals surface area contributed by atoms with E-state index in [0.717, 1.165) is 25.7 Å². The van der Waals surface area contributed by atoms with E-state index in [1.165, 1.54) is 167 Å². The molecule has 0 saturated carbocycles. The lowest BCUT2D eigenvalue weighted by Crippen LogP contribution is -2.06. The maximum atomic E-state index is 11.8. The lowest BCUT2D eigenvalue weighted by atomic mass is 10.0. The Kier molecular flexibility index (Phi) is 34.3. The van der Waals surface area contributed by atoms with E-state index in [2.05, 4.69) is 13.8 Å². The summed E-state index contributed by atoms with van der Waals surface area (Å²) in [6.07, 6.45) is 43.7. The predicted octanol–water partition coefficient (Wildman–Crippen LogP) is 12.8. The average Bonchev–Trinajstić information content (AvgIpc) is 2.99. The Morgan fingerprint density at radius 3 is 0.881 bits per heavy atom. The maximum Gasteiger partial charge on any atom is 0.311 e. The normalized spacial score (nSPS) is 11.6. The Balaban J connectivity index is 3.39. The molecule has 0 N–H and O–H groups in total. The van der Waals surface area contributed by atoms with Gasteiger partial charge in [0.15, 0.2) is 0 Å². The standard InChI is InChI=1S/C38H70O4/c1-3-5-7-9-11-13-15-17-19-21-23-25-27-29-31-35-41-37(39)33-34-38(40)42-36-32-30-28-26-24-22-20-18-16-14-12-10-8-6-4-2/h31-32,35-36H,3-30,33-34H2,1-2H3. The zero-order valence-corrected chi connectivity index (χ0v) is 28.2. The molecule has 0 aromatic heterocycles. The second-order valence-corrected chi connectivity index (χ2v) is 12.3. The highest BCUT2D eigenvalue weighted by atomic mass is 16.5. The largest absolute Gasteiger partial charge is 0.435 e. The van der Waals surface area contributed by atoms with E-state index in [9.17, 15) is 9.59 Å². The van der Waals surface area contributed by atoms with Gasteiger partial charge in [0.05, 0.1) is 25.4 Å². The van der Waals surface area contributed by atoms with E-state index in [0.29, 0.717) is 0 Å². The molecule has 0 spiro atoms. The first-order valence-corrected chi connectivity index (χ1v) is 18.4. The van der Waals surface area contributed by atoms with Crippen LogP contribution >= 0.6 is 0 Å². The quantitative estimate of drug-likeness (QED) is 0.0433. The number of rotatable bonds is 33. The highest BCUT2D eigenvalue weighted by Crippen LogP contribution is 2.14. The number of carbonyl (C=O) groups is 2. The van der Waals surface area contributed by atoms with Crippen LogP contribution in [-0.2, 0) is 19.1 Å². The van der Waals surface area contributed by atoms with Gasteiger partial charge in [-0.25, -0.2) is 0 Å². The number of carbonyl (C=O) groups excluding carboxylic acids is 2. The molecule has 0 fully saturated rings. The van der Waals surface area contributed by atoms with E-state index in [1.54, 1.807) is 0 Å². The van der Waals surface area contributed by atoms with E-state index in [-0.39, 0.29) is 24.8 Å². The van der Waals surface area contributed by atoms with Crippen molar-refractivity contribution in [1.29, 1.82) is 0 Å². The molecular formula is C38H70O4. The number of esters is 2. The van der Waals surface area contributed by atoms with Gasteiger partial charge in [-0.15, -0.1) is 0 Å². The van der Waals surface area contributed by atoms with Crippen LogP contribution in [0, 0.1) is 0 Å². The first-order chi connectivity index (χ1) is 20.7. The van der Waals surface area contributed by atoms with E-state index in [4.69, 9.17) is 9.47 Å². The summed E-state index contributed by atoms with van der Waals surface area (Å²) in [5.74, 6) is -0.769. The summed E-state index contributed by atoms with van der Waals surface area (Å²) in [6, 6.07) is 0. The Morgan fingerprint density at radius 2 is 0.619 bits per heavy atom. The molecule has 0 aromatic rings. The van der Waals surface area contributed by atoms with Gasteiger partial charge in [-0.2, -0.15) is 0 Å². The third-order valence-corrected chi connectivity index (χ3v) is 8.07. The second-order valence-electron chi connectivity index (χ2n) is 12.3. The molecule has 4 nitrogen and oxygen atoms in total. The van der Waals surface area contributed by atoms with Crippen molar-refractivity contribution in [3.8, 4) is 0 Å². The molecule has 0 radical (unpaired) electrons. The van der Waals surface area contributed by atoms with Crippen LogP contribution in [0.3, 0.4) is 0 Å². The number of unbranched alkanes of at least 4 members (excludes halogenated alkanes) is 26. The molecule has 0 heterocycles. The van der Waals surface area contributed by atoms with Crippen molar-refractivity contribution in [1.82, 2.24) is 0 Å². The molecule has 0 amide bonds. The molecule has 0 unspecified atom stereocenters. The van der Waals surface area contributed by atoms with Gasteiger partial charge >= 0.3 is 11.9 Å². The van der Waals surface area contributed by atoms with Crippen molar-refractivity contribution in [3.63, 3.8) is 0 Å². The van der Waals surface area contributed by atoms with Crippen LogP contribution in [0.2, 0.25) is 0 Å². The zero-order chi connectivity index (χ0) is 30.6. The smallest absolute Gasteiger partial charge is 0.311 e. The number of hydrogen-bond donors (Lipinski definition) is 0. The summed E-state index contributed by atoms with van der Waals surface area (Å²) in [5.41, 5.74) is 0. The lowest BCUT2D eigenvalue weighted by molar-refractivity contribution is -0.144. The van der Waals surface area contributed by atoms with Crippen molar-refractivity contribution in [2.45, 2.75) is 206 Å². The van der Waals surface area contributed by atoms with Crippen LogP contribution in [0.1, 0.15) is 206 Å². The number of ether oxygens (including phenoxy) is 2. The van der Waals surface area contributed by atoms with Gasteiger partial charge < -0.3 is 9.47 Å². The van der Waals surface area contributed by atoms with Gasteiger partial charge in [0, 0.05) is 0 Å². The topological polar surface area (TPSA) is 52.6 Å². The minimum absolute atomic E-state index is 0.0502. The molecule has 0 saturated heterocycles. The third kappa shape index (κ3) is 34.6. The lowest BCUT2D eigenvalue weighted by Gasteiger charge is -2.02. The minimum atomic E-state index is -0.385. The third-order valence-electron chi connectivity index (χ3n) is 8.07. The molecule has 0 rings (SSSR count). The number of hydrogen-bond acceptors (Lipinski definition) is 4. The average molecular weight is 591 g/mol. The summed E-state index contributed by atoms with van der Waals surface area (Å²) in [7, 11) is 0.